The lowest BCUT2D eigenvalue weighted by Crippen LogP contribution is -1.89. The highest BCUT2D eigenvalue weighted by atomic mass is 35.5. The van der Waals surface area contributed by atoms with Crippen LogP contribution in [0.4, 0.5) is 0 Å². The van der Waals surface area contributed by atoms with Crippen LogP contribution in [0.2, 0.25) is 5.15 Å². The van der Waals surface area contributed by atoms with Gasteiger partial charge in [0.2, 0.25) is 5.78 Å². The maximum atomic E-state index is 8.63. The van der Waals surface area contributed by atoms with Gasteiger partial charge in [0.25, 0.3) is 0 Å². The van der Waals surface area contributed by atoms with Crippen molar-refractivity contribution in [3.63, 3.8) is 0 Å². The van der Waals surface area contributed by atoms with Crippen molar-refractivity contribution in [2.45, 2.75) is 6.92 Å². The lowest BCUT2D eigenvalue weighted by molar-refractivity contribution is 1.10. The lowest BCUT2D eigenvalue weighted by atomic mass is 10.4. The van der Waals surface area contributed by atoms with Gasteiger partial charge in [0.05, 0.1) is 17.5 Å². The summed E-state index contributed by atoms with van der Waals surface area (Å²) in [6.07, 6.45) is 3.09. The molecule has 5 heteroatoms. The van der Waals surface area contributed by atoms with Gasteiger partial charge in [-0.15, -0.1) is 0 Å². The van der Waals surface area contributed by atoms with Crippen molar-refractivity contribution in [1.82, 2.24) is 14.4 Å². The average molecular weight is 193 g/mol. The molecule has 0 aliphatic rings. The first-order valence-corrected chi connectivity index (χ1v) is 4.00. The molecule has 0 fully saturated rings. The van der Waals surface area contributed by atoms with Gasteiger partial charge in [0, 0.05) is 6.20 Å². The van der Waals surface area contributed by atoms with Crippen molar-refractivity contribution in [2.75, 3.05) is 0 Å². The first kappa shape index (κ1) is 8.02. The van der Waals surface area contributed by atoms with E-state index in [0.717, 1.165) is 0 Å². The molecule has 0 unspecified atom stereocenters. The maximum absolute atomic E-state index is 8.63. The van der Waals surface area contributed by atoms with Crippen molar-refractivity contribution in [3.05, 3.63) is 28.8 Å². The Hall–Kier alpha value is -1.60. The van der Waals surface area contributed by atoms with Crippen LogP contribution in [-0.2, 0) is 0 Å². The predicted molar refractivity (Wildman–Crippen MR) is 47.4 cm³/mol. The lowest BCUT2D eigenvalue weighted by Gasteiger charge is -1.93. The predicted octanol–water partition coefficient (Wildman–Crippen LogP) is 1.56. The highest BCUT2D eigenvalue weighted by Crippen LogP contribution is 2.15. The molecule has 0 bridgehead atoms. The third-order valence-corrected chi connectivity index (χ3v) is 2.17. The largest absolute Gasteiger partial charge is 0.273 e. The Bertz CT molecular complexity index is 509. The van der Waals surface area contributed by atoms with Gasteiger partial charge in [0.15, 0.2) is 0 Å². The minimum absolute atomic E-state index is 0.465. The molecule has 0 atom stereocenters. The summed E-state index contributed by atoms with van der Waals surface area (Å²) in [5.74, 6) is 0.515. The molecular weight excluding hydrogens is 188 g/mol. The Morgan fingerprint density at radius 1 is 1.62 bits per heavy atom. The molecule has 4 nitrogen and oxygen atoms in total. The van der Waals surface area contributed by atoms with Crippen LogP contribution < -0.4 is 0 Å². The number of aryl methyl sites for hydroxylation is 1. The summed E-state index contributed by atoms with van der Waals surface area (Å²) in [6, 6.07) is 1.99. The molecule has 64 valence electrons. The van der Waals surface area contributed by atoms with E-state index in [-0.39, 0.29) is 0 Å². The number of hydrogen-bond acceptors (Lipinski definition) is 3. The fourth-order valence-electron chi connectivity index (χ4n) is 1.08. The van der Waals surface area contributed by atoms with E-state index in [1.165, 1.54) is 6.20 Å². The van der Waals surface area contributed by atoms with Crippen LogP contribution >= 0.6 is 11.6 Å². The number of rotatable bonds is 0. The average Bonchev–Trinajstić information content (AvgIpc) is 2.43. The number of fused-ring (bicyclic) bond motifs is 1. The number of hydrogen-bond donors (Lipinski definition) is 0. The van der Waals surface area contributed by atoms with Crippen LogP contribution in [0, 0.1) is 18.3 Å². The summed E-state index contributed by atoms with van der Waals surface area (Å²) >= 11 is 5.92. The topological polar surface area (TPSA) is 54.0 Å². The Balaban J connectivity index is 2.84. The molecule has 2 heterocycles. The number of nitrogens with zero attached hydrogens (tertiary/aromatic N) is 4. The number of nitriles is 1. The van der Waals surface area contributed by atoms with Gasteiger partial charge in [-0.2, -0.15) is 5.26 Å². The summed E-state index contributed by atoms with van der Waals surface area (Å²) in [4.78, 5) is 8.08. The maximum Gasteiger partial charge on any atom is 0.235 e. The van der Waals surface area contributed by atoms with Gasteiger partial charge in [-0.05, 0) is 6.92 Å². The van der Waals surface area contributed by atoms with E-state index in [9.17, 15) is 0 Å². The minimum atomic E-state index is 0.465. The van der Waals surface area contributed by atoms with Gasteiger partial charge in [0.1, 0.15) is 11.2 Å². The molecule has 13 heavy (non-hydrogen) atoms. The number of aromatic nitrogens is 3. The molecule has 0 aliphatic heterocycles. The molecule has 0 amide bonds. The second kappa shape index (κ2) is 2.71. The molecule has 2 rings (SSSR count). The summed E-state index contributed by atoms with van der Waals surface area (Å²) in [5, 5.41) is 9.13. The molecule has 0 aromatic carbocycles. The first-order chi connectivity index (χ1) is 6.22. The quantitative estimate of drug-likeness (QED) is 0.637. The van der Waals surface area contributed by atoms with E-state index in [1.54, 1.807) is 17.5 Å². The highest BCUT2D eigenvalue weighted by molar-refractivity contribution is 6.30. The molecule has 2 aromatic rings. The van der Waals surface area contributed by atoms with E-state index < -0.39 is 0 Å². The standard InChI is InChI=1S/C8H5ClN4/c1-5-7(9)13-4-6(2-10)3-11-8(13)12-5/h3-4H,1H3. The van der Waals surface area contributed by atoms with Gasteiger partial charge in [-0.1, -0.05) is 11.6 Å². The van der Waals surface area contributed by atoms with Crippen LogP contribution in [0.15, 0.2) is 12.4 Å². The first-order valence-electron chi connectivity index (χ1n) is 3.62. The molecule has 0 N–H and O–H groups in total. The summed E-state index contributed by atoms with van der Waals surface area (Å²) in [5.41, 5.74) is 1.18. The van der Waals surface area contributed by atoms with E-state index in [0.29, 0.717) is 22.2 Å². The van der Waals surface area contributed by atoms with Gasteiger partial charge >= 0.3 is 0 Å². The van der Waals surface area contributed by atoms with Crippen molar-refractivity contribution in [2.24, 2.45) is 0 Å². The normalized spacial score (nSPS) is 10.2. The third-order valence-electron chi connectivity index (χ3n) is 1.71. The molecule has 0 radical (unpaired) electrons. The van der Waals surface area contributed by atoms with E-state index in [4.69, 9.17) is 16.9 Å². The summed E-state index contributed by atoms with van der Waals surface area (Å²) in [7, 11) is 0. The van der Waals surface area contributed by atoms with Crippen LogP contribution in [0.3, 0.4) is 0 Å². The zero-order valence-electron chi connectivity index (χ0n) is 6.82. The SMILES string of the molecule is Cc1nc2ncc(C#N)cn2c1Cl. The van der Waals surface area contributed by atoms with Crippen molar-refractivity contribution < 1.29 is 0 Å². The summed E-state index contributed by atoms with van der Waals surface area (Å²) in [6.45, 7) is 1.79. The Morgan fingerprint density at radius 2 is 2.38 bits per heavy atom. The van der Waals surface area contributed by atoms with E-state index in [2.05, 4.69) is 9.97 Å². The molecule has 0 saturated carbocycles. The number of imidazole rings is 1. The van der Waals surface area contributed by atoms with Gasteiger partial charge in [-0.25, -0.2) is 9.97 Å². The zero-order chi connectivity index (χ0) is 9.42. The second-order valence-electron chi connectivity index (χ2n) is 2.61. The molecule has 0 aliphatic carbocycles. The van der Waals surface area contributed by atoms with Crippen LogP contribution in [-0.4, -0.2) is 14.4 Å². The highest BCUT2D eigenvalue weighted by Gasteiger charge is 2.06. The smallest absolute Gasteiger partial charge is 0.235 e. The Morgan fingerprint density at radius 3 is 3.08 bits per heavy atom. The molecule has 0 saturated heterocycles. The molecule has 2 aromatic heterocycles. The molecule has 0 spiro atoms. The third kappa shape index (κ3) is 1.14. The Kier molecular flexibility index (Phi) is 1.67. The Labute approximate surface area is 79.4 Å². The zero-order valence-corrected chi connectivity index (χ0v) is 7.58. The fourth-order valence-corrected chi connectivity index (χ4v) is 1.24. The van der Waals surface area contributed by atoms with E-state index >= 15 is 0 Å². The van der Waals surface area contributed by atoms with Crippen molar-refractivity contribution in [1.29, 1.82) is 5.26 Å². The summed E-state index contributed by atoms with van der Waals surface area (Å²) < 4.78 is 1.59. The molecular formula is C8H5ClN4. The van der Waals surface area contributed by atoms with Crippen molar-refractivity contribution in [3.8, 4) is 6.07 Å². The van der Waals surface area contributed by atoms with Crippen LogP contribution in [0.25, 0.3) is 5.78 Å². The van der Waals surface area contributed by atoms with Gasteiger partial charge in [-0.3, -0.25) is 4.40 Å². The van der Waals surface area contributed by atoms with Crippen LogP contribution in [0.5, 0.6) is 0 Å². The minimum Gasteiger partial charge on any atom is -0.273 e. The van der Waals surface area contributed by atoms with E-state index in [1.807, 2.05) is 6.07 Å². The van der Waals surface area contributed by atoms with Crippen molar-refractivity contribution >= 4 is 17.4 Å². The second-order valence-corrected chi connectivity index (χ2v) is 2.97. The monoisotopic (exact) mass is 192 g/mol. The number of halogens is 1. The fraction of sp³-hybridized carbons (Fsp3) is 0.125. The van der Waals surface area contributed by atoms with Crippen LogP contribution in [0.1, 0.15) is 11.3 Å². The van der Waals surface area contributed by atoms with Gasteiger partial charge < -0.3 is 0 Å².